The summed E-state index contributed by atoms with van der Waals surface area (Å²) in [5.41, 5.74) is 0.231. The van der Waals surface area contributed by atoms with Gasteiger partial charge in [-0.05, 0) is 18.6 Å². The van der Waals surface area contributed by atoms with Crippen molar-refractivity contribution in [3.8, 4) is 6.07 Å². The summed E-state index contributed by atoms with van der Waals surface area (Å²) in [7, 11) is 1.97. The minimum absolute atomic E-state index is 0.0183. The first-order chi connectivity index (χ1) is 10.7. The highest BCUT2D eigenvalue weighted by Crippen LogP contribution is 2.33. The average Bonchev–Trinajstić information content (AvgIpc) is 3.14. The molecule has 0 bridgehead atoms. The van der Waals surface area contributed by atoms with Crippen molar-refractivity contribution in [1.29, 1.82) is 5.26 Å². The number of halogens is 1. The van der Waals surface area contributed by atoms with Gasteiger partial charge in [0.1, 0.15) is 23.8 Å². The van der Waals surface area contributed by atoms with Crippen LogP contribution >= 0.6 is 11.6 Å². The molecule has 114 valence electrons. The van der Waals surface area contributed by atoms with Crippen LogP contribution in [0.4, 0.5) is 5.82 Å². The number of rotatable bonds is 4. The molecule has 2 aromatic rings. The van der Waals surface area contributed by atoms with Crippen LogP contribution in [0.1, 0.15) is 24.0 Å². The summed E-state index contributed by atoms with van der Waals surface area (Å²) in [6.07, 6.45) is 4.64. The summed E-state index contributed by atoms with van der Waals surface area (Å²) in [4.78, 5) is 8.57. The molecule has 0 unspecified atom stereocenters. The van der Waals surface area contributed by atoms with Gasteiger partial charge in [-0.3, -0.25) is 0 Å². The molecule has 2 atom stereocenters. The van der Waals surface area contributed by atoms with E-state index in [1.165, 1.54) is 0 Å². The first kappa shape index (κ1) is 14.8. The molecule has 1 N–H and O–H groups in total. The predicted octanol–water partition coefficient (Wildman–Crippen LogP) is 2.53. The van der Waals surface area contributed by atoms with E-state index < -0.39 is 0 Å². The van der Waals surface area contributed by atoms with Gasteiger partial charge < -0.3 is 14.6 Å². The number of hydrogen-bond acceptors (Lipinski definition) is 5. The van der Waals surface area contributed by atoms with Gasteiger partial charge in [0.05, 0.1) is 5.02 Å². The smallest absolute Gasteiger partial charge is 0.161 e. The monoisotopic (exact) mass is 317 g/mol. The number of nitrogens with one attached hydrogen (secondary N) is 1. The van der Waals surface area contributed by atoms with Gasteiger partial charge in [0.25, 0.3) is 0 Å². The lowest BCUT2D eigenvalue weighted by Crippen LogP contribution is -2.20. The summed E-state index contributed by atoms with van der Waals surface area (Å²) in [5.74, 6) is 1.89. The Morgan fingerprint density at radius 1 is 1.55 bits per heavy atom. The van der Waals surface area contributed by atoms with Crippen LogP contribution in [0, 0.1) is 17.2 Å². The minimum atomic E-state index is -0.0183. The first-order valence-electron chi connectivity index (χ1n) is 7.08. The Labute approximate surface area is 133 Å². The molecule has 0 saturated carbocycles. The summed E-state index contributed by atoms with van der Waals surface area (Å²) >= 11 is 5.89. The molecule has 0 aromatic carbocycles. The molecular weight excluding hydrogens is 302 g/mol. The topological polar surface area (TPSA) is 75.8 Å². The Morgan fingerprint density at radius 2 is 2.41 bits per heavy atom. The van der Waals surface area contributed by atoms with Crippen molar-refractivity contribution in [1.82, 2.24) is 14.5 Å². The second kappa shape index (κ2) is 6.34. The largest absolute Gasteiger partial charge is 0.370 e. The highest BCUT2D eigenvalue weighted by molar-refractivity contribution is 6.31. The molecule has 3 rings (SSSR count). The van der Waals surface area contributed by atoms with Gasteiger partial charge in [-0.15, -0.1) is 0 Å². The Hall–Kier alpha value is -2.10. The third kappa shape index (κ3) is 2.91. The van der Waals surface area contributed by atoms with E-state index >= 15 is 0 Å². The molecule has 0 amide bonds. The highest BCUT2D eigenvalue weighted by Gasteiger charge is 2.32. The number of pyridine rings is 1. The van der Waals surface area contributed by atoms with E-state index in [1.807, 2.05) is 23.9 Å². The van der Waals surface area contributed by atoms with Gasteiger partial charge in [-0.1, -0.05) is 11.6 Å². The van der Waals surface area contributed by atoms with E-state index in [4.69, 9.17) is 21.6 Å². The lowest BCUT2D eigenvalue weighted by molar-refractivity contribution is 0.0839. The fourth-order valence-electron chi connectivity index (χ4n) is 2.63. The van der Waals surface area contributed by atoms with Crippen LogP contribution in [0.3, 0.4) is 0 Å². The maximum atomic E-state index is 8.96. The van der Waals surface area contributed by atoms with Gasteiger partial charge in [-0.2, -0.15) is 5.26 Å². The molecule has 2 aromatic heterocycles. The molecule has 1 aliphatic rings. The summed E-state index contributed by atoms with van der Waals surface area (Å²) in [6, 6.07) is 5.43. The Balaban J connectivity index is 1.68. The van der Waals surface area contributed by atoms with Crippen molar-refractivity contribution in [2.45, 2.75) is 12.5 Å². The molecule has 7 heteroatoms. The van der Waals surface area contributed by atoms with Gasteiger partial charge in [-0.25, -0.2) is 9.97 Å². The molecule has 0 radical (unpaired) electrons. The third-order valence-corrected chi connectivity index (χ3v) is 4.13. The van der Waals surface area contributed by atoms with E-state index in [0.29, 0.717) is 23.3 Å². The van der Waals surface area contributed by atoms with Gasteiger partial charge in [0, 0.05) is 38.5 Å². The maximum Gasteiger partial charge on any atom is 0.161 e. The van der Waals surface area contributed by atoms with Crippen molar-refractivity contribution in [2.24, 2.45) is 13.0 Å². The fourth-order valence-corrected chi connectivity index (χ4v) is 2.78. The van der Waals surface area contributed by atoms with Crippen molar-refractivity contribution in [2.75, 3.05) is 18.5 Å². The van der Waals surface area contributed by atoms with E-state index in [0.717, 1.165) is 18.9 Å². The maximum absolute atomic E-state index is 8.96. The van der Waals surface area contributed by atoms with E-state index in [2.05, 4.69) is 15.3 Å². The number of ether oxygens (including phenoxy) is 1. The minimum Gasteiger partial charge on any atom is -0.370 e. The fraction of sp³-hybridized carbons (Fsp3) is 0.400. The lowest BCUT2D eigenvalue weighted by Gasteiger charge is -2.19. The van der Waals surface area contributed by atoms with E-state index in [-0.39, 0.29) is 11.8 Å². The number of aromatic nitrogens is 3. The molecule has 1 fully saturated rings. The third-order valence-electron chi connectivity index (χ3n) is 3.82. The van der Waals surface area contributed by atoms with Crippen LogP contribution < -0.4 is 5.32 Å². The second-order valence-electron chi connectivity index (χ2n) is 5.26. The van der Waals surface area contributed by atoms with Crippen LogP contribution in [-0.2, 0) is 11.8 Å². The van der Waals surface area contributed by atoms with Crippen LogP contribution in [-0.4, -0.2) is 27.7 Å². The normalized spacial score (nSPS) is 20.8. The average molecular weight is 318 g/mol. The SMILES string of the molecule is Cn1ccnc1[C@@H]1OCC[C@H]1CNc1ccc(Cl)c(C#N)n1. The zero-order valence-corrected chi connectivity index (χ0v) is 12.9. The summed E-state index contributed by atoms with van der Waals surface area (Å²) in [6.45, 7) is 1.43. The number of hydrogen-bond donors (Lipinski definition) is 1. The molecule has 0 aliphatic carbocycles. The van der Waals surface area contributed by atoms with Crippen LogP contribution in [0.15, 0.2) is 24.5 Å². The zero-order valence-electron chi connectivity index (χ0n) is 12.2. The lowest BCUT2D eigenvalue weighted by atomic mass is 10.0. The van der Waals surface area contributed by atoms with Crippen LogP contribution in [0.25, 0.3) is 0 Å². The Bertz CT molecular complexity index is 708. The molecule has 3 heterocycles. The zero-order chi connectivity index (χ0) is 15.5. The second-order valence-corrected chi connectivity index (χ2v) is 5.66. The summed E-state index contributed by atoms with van der Waals surface area (Å²) in [5, 5.41) is 12.6. The molecule has 6 nitrogen and oxygen atoms in total. The standard InChI is InChI=1S/C15H16ClN5O/c1-21-6-5-18-15(21)14-10(4-7-22-14)9-19-13-3-2-11(16)12(8-17)20-13/h2-3,5-6,10,14H,4,7,9H2,1H3,(H,19,20)/t10-,14+/m0/s1. The van der Waals surface area contributed by atoms with Crippen molar-refractivity contribution in [3.63, 3.8) is 0 Å². The molecule has 1 aliphatic heterocycles. The Morgan fingerprint density at radius 3 is 3.14 bits per heavy atom. The van der Waals surface area contributed by atoms with Gasteiger partial charge >= 0.3 is 0 Å². The molecular formula is C15H16ClN5O. The predicted molar refractivity (Wildman–Crippen MR) is 82.5 cm³/mol. The van der Waals surface area contributed by atoms with Crippen molar-refractivity contribution < 1.29 is 4.74 Å². The molecule has 0 spiro atoms. The number of anilines is 1. The van der Waals surface area contributed by atoms with E-state index in [1.54, 1.807) is 18.3 Å². The van der Waals surface area contributed by atoms with Gasteiger partial charge in [0.15, 0.2) is 5.69 Å². The quantitative estimate of drug-likeness (QED) is 0.937. The van der Waals surface area contributed by atoms with Gasteiger partial charge in [0.2, 0.25) is 0 Å². The highest BCUT2D eigenvalue weighted by atomic mass is 35.5. The van der Waals surface area contributed by atoms with Crippen LogP contribution in [0.5, 0.6) is 0 Å². The Kier molecular flexibility index (Phi) is 4.27. The van der Waals surface area contributed by atoms with Crippen molar-refractivity contribution in [3.05, 3.63) is 41.1 Å². The number of nitriles is 1. The summed E-state index contributed by atoms with van der Waals surface area (Å²) < 4.78 is 7.81. The van der Waals surface area contributed by atoms with Crippen LogP contribution in [0.2, 0.25) is 5.02 Å². The number of aryl methyl sites for hydroxylation is 1. The molecule has 1 saturated heterocycles. The molecule has 22 heavy (non-hydrogen) atoms. The number of imidazole rings is 1. The van der Waals surface area contributed by atoms with Crippen molar-refractivity contribution >= 4 is 17.4 Å². The first-order valence-corrected chi connectivity index (χ1v) is 7.46. The van der Waals surface area contributed by atoms with E-state index in [9.17, 15) is 0 Å². The number of nitrogens with zero attached hydrogens (tertiary/aromatic N) is 4.